The molecule has 6 nitrogen and oxygen atoms in total. The van der Waals surface area contributed by atoms with Crippen LogP contribution < -0.4 is 15.4 Å². The first-order valence-electron chi connectivity index (χ1n) is 9.68. The summed E-state index contributed by atoms with van der Waals surface area (Å²) >= 11 is 0. The summed E-state index contributed by atoms with van der Waals surface area (Å²) in [7, 11) is 1.53. The molecule has 3 N–H and O–H groups in total. The van der Waals surface area contributed by atoms with E-state index in [2.05, 4.69) is 15.6 Å². The average Bonchev–Trinajstić information content (AvgIpc) is 2.77. The van der Waals surface area contributed by atoms with Crippen molar-refractivity contribution < 1.29 is 19.0 Å². The number of pyridine rings is 1. The zero-order valence-corrected chi connectivity index (χ0v) is 16.5. The maximum Gasteiger partial charge on any atom is 0.337 e. The van der Waals surface area contributed by atoms with E-state index in [0.29, 0.717) is 23.5 Å². The Morgan fingerprint density at radius 1 is 1.33 bits per heavy atom. The van der Waals surface area contributed by atoms with E-state index in [1.54, 1.807) is 12.1 Å². The molecule has 4 rings (SSSR count). The lowest BCUT2D eigenvalue weighted by Gasteiger charge is -2.28. The number of hydrogen-bond acceptors (Lipinski definition) is 5. The van der Waals surface area contributed by atoms with Gasteiger partial charge in [-0.1, -0.05) is 24.3 Å². The smallest absolute Gasteiger partial charge is 0.337 e. The van der Waals surface area contributed by atoms with Crippen molar-refractivity contribution in [2.24, 2.45) is 0 Å². The maximum atomic E-state index is 14.5. The average molecular weight is 407 g/mol. The van der Waals surface area contributed by atoms with E-state index in [1.165, 1.54) is 31.6 Å². The van der Waals surface area contributed by atoms with Gasteiger partial charge in [-0.2, -0.15) is 0 Å². The van der Waals surface area contributed by atoms with Gasteiger partial charge in [0, 0.05) is 18.8 Å². The van der Waals surface area contributed by atoms with Crippen LogP contribution in [0.4, 0.5) is 10.1 Å². The molecule has 2 heterocycles. The zero-order valence-electron chi connectivity index (χ0n) is 16.5. The number of carboxylic acid groups (broad SMARTS) is 1. The van der Waals surface area contributed by atoms with Gasteiger partial charge in [0.2, 0.25) is 0 Å². The Morgan fingerprint density at radius 2 is 2.20 bits per heavy atom. The second-order valence-electron chi connectivity index (χ2n) is 7.09. The van der Waals surface area contributed by atoms with E-state index < -0.39 is 5.97 Å². The SMILES string of the molecule is COc1cccc(F)c1-c1ccc2c(c1)CCNC2CNc1cnccc1C(=O)O. The minimum atomic E-state index is -1.000. The van der Waals surface area contributed by atoms with Gasteiger partial charge in [-0.3, -0.25) is 4.98 Å². The van der Waals surface area contributed by atoms with Crippen LogP contribution in [-0.4, -0.2) is 36.3 Å². The van der Waals surface area contributed by atoms with E-state index in [-0.39, 0.29) is 17.4 Å². The van der Waals surface area contributed by atoms with Crippen LogP contribution in [0.3, 0.4) is 0 Å². The summed E-state index contributed by atoms with van der Waals surface area (Å²) in [6, 6.07) is 12.2. The number of halogens is 1. The van der Waals surface area contributed by atoms with E-state index in [0.717, 1.165) is 29.7 Å². The molecule has 0 spiro atoms. The van der Waals surface area contributed by atoms with Crippen LogP contribution in [0.1, 0.15) is 27.5 Å². The van der Waals surface area contributed by atoms with Crippen molar-refractivity contribution in [3.63, 3.8) is 0 Å². The zero-order chi connectivity index (χ0) is 21.1. The molecule has 0 bridgehead atoms. The van der Waals surface area contributed by atoms with Crippen LogP contribution in [-0.2, 0) is 6.42 Å². The van der Waals surface area contributed by atoms with Gasteiger partial charge in [-0.05, 0) is 47.9 Å². The van der Waals surface area contributed by atoms with Crippen LogP contribution in [0.5, 0.6) is 5.75 Å². The molecule has 1 atom stereocenters. The van der Waals surface area contributed by atoms with E-state index in [4.69, 9.17) is 4.74 Å². The fourth-order valence-electron chi connectivity index (χ4n) is 3.88. The number of anilines is 1. The van der Waals surface area contributed by atoms with Crippen molar-refractivity contribution in [1.29, 1.82) is 0 Å². The molecule has 154 valence electrons. The molecule has 0 radical (unpaired) electrons. The number of ether oxygens (including phenoxy) is 1. The molecule has 7 heteroatoms. The fourth-order valence-corrected chi connectivity index (χ4v) is 3.88. The predicted octanol–water partition coefficient (Wildman–Crippen LogP) is 3.89. The summed E-state index contributed by atoms with van der Waals surface area (Å²) in [5.74, 6) is -0.820. The Balaban J connectivity index is 1.60. The first-order chi connectivity index (χ1) is 14.6. The van der Waals surface area contributed by atoms with Gasteiger partial charge >= 0.3 is 5.97 Å². The van der Waals surface area contributed by atoms with Gasteiger partial charge < -0.3 is 20.5 Å². The Morgan fingerprint density at radius 3 is 3.00 bits per heavy atom. The number of fused-ring (bicyclic) bond motifs is 1. The summed E-state index contributed by atoms with van der Waals surface area (Å²) in [5, 5.41) is 16.0. The van der Waals surface area contributed by atoms with Crippen molar-refractivity contribution in [2.45, 2.75) is 12.5 Å². The van der Waals surface area contributed by atoms with Gasteiger partial charge in [0.05, 0.1) is 30.1 Å². The molecule has 1 aliphatic rings. The lowest BCUT2D eigenvalue weighted by atomic mass is 9.90. The molecule has 0 fully saturated rings. The topological polar surface area (TPSA) is 83.5 Å². The molecule has 0 saturated carbocycles. The number of methoxy groups -OCH3 is 1. The van der Waals surface area contributed by atoms with E-state index in [9.17, 15) is 14.3 Å². The van der Waals surface area contributed by atoms with Crippen LogP contribution >= 0.6 is 0 Å². The third kappa shape index (κ3) is 3.84. The third-order valence-electron chi connectivity index (χ3n) is 5.34. The highest BCUT2D eigenvalue weighted by atomic mass is 19.1. The third-order valence-corrected chi connectivity index (χ3v) is 5.34. The van der Waals surface area contributed by atoms with E-state index in [1.807, 2.05) is 18.2 Å². The van der Waals surface area contributed by atoms with Gasteiger partial charge in [0.25, 0.3) is 0 Å². The number of aromatic nitrogens is 1. The molecule has 2 aromatic carbocycles. The number of carbonyl (C=O) groups is 1. The normalized spacial score (nSPS) is 15.3. The van der Waals surface area contributed by atoms with Crippen molar-refractivity contribution >= 4 is 11.7 Å². The fraction of sp³-hybridized carbons (Fsp3) is 0.217. The van der Waals surface area contributed by atoms with Crippen LogP contribution in [0.15, 0.2) is 54.9 Å². The molecular formula is C23H22FN3O3. The van der Waals surface area contributed by atoms with E-state index >= 15 is 0 Å². The van der Waals surface area contributed by atoms with Crippen molar-refractivity contribution in [3.05, 3.63) is 77.4 Å². The number of rotatable bonds is 6. The highest BCUT2D eigenvalue weighted by Crippen LogP contribution is 2.35. The summed E-state index contributed by atoms with van der Waals surface area (Å²) in [6.07, 6.45) is 3.80. The minimum Gasteiger partial charge on any atom is -0.496 e. The molecule has 30 heavy (non-hydrogen) atoms. The first-order valence-corrected chi connectivity index (χ1v) is 9.68. The minimum absolute atomic E-state index is 0.00725. The Labute approximate surface area is 173 Å². The molecule has 0 amide bonds. The van der Waals surface area contributed by atoms with Gasteiger partial charge in [-0.15, -0.1) is 0 Å². The number of nitrogens with one attached hydrogen (secondary N) is 2. The first kappa shape index (κ1) is 19.8. The Hall–Kier alpha value is -3.45. The monoisotopic (exact) mass is 407 g/mol. The molecule has 1 aliphatic heterocycles. The van der Waals surface area contributed by atoms with Crippen LogP contribution in [0, 0.1) is 5.82 Å². The van der Waals surface area contributed by atoms with Crippen LogP contribution in [0.2, 0.25) is 0 Å². The second-order valence-corrected chi connectivity index (χ2v) is 7.09. The number of hydrogen-bond donors (Lipinski definition) is 3. The largest absolute Gasteiger partial charge is 0.496 e. The predicted molar refractivity (Wildman–Crippen MR) is 113 cm³/mol. The van der Waals surface area contributed by atoms with Gasteiger partial charge in [0.1, 0.15) is 11.6 Å². The number of carboxylic acids is 1. The summed E-state index contributed by atoms with van der Waals surface area (Å²) in [5.41, 5.74) is 4.13. The molecule has 0 saturated heterocycles. The highest BCUT2D eigenvalue weighted by molar-refractivity contribution is 5.93. The molecule has 0 aliphatic carbocycles. The van der Waals surface area contributed by atoms with Crippen molar-refractivity contribution in [1.82, 2.24) is 10.3 Å². The Kier molecular flexibility index (Phi) is 5.63. The Bertz CT molecular complexity index is 1090. The lowest BCUT2D eigenvalue weighted by molar-refractivity contribution is 0.0697. The lowest BCUT2D eigenvalue weighted by Crippen LogP contribution is -2.34. The van der Waals surface area contributed by atoms with Crippen molar-refractivity contribution in [2.75, 3.05) is 25.5 Å². The number of nitrogens with zero attached hydrogens (tertiary/aromatic N) is 1. The molecule has 1 aromatic heterocycles. The summed E-state index contributed by atoms with van der Waals surface area (Å²) in [6.45, 7) is 1.28. The number of aromatic carboxylic acids is 1. The second kappa shape index (κ2) is 8.51. The van der Waals surface area contributed by atoms with Crippen LogP contribution in [0.25, 0.3) is 11.1 Å². The molecular weight excluding hydrogens is 385 g/mol. The maximum absolute atomic E-state index is 14.5. The van der Waals surface area contributed by atoms with Gasteiger partial charge in [-0.25, -0.2) is 9.18 Å². The van der Waals surface area contributed by atoms with Gasteiger partial charge in [0.15, 0.2) is 0 Å². The quantitative estimate of drug-likeness (QED) is 0.575. The summed E-state index contributed by atoms with van der Waals surface area (Å²) < 4.78 is 19.8. The molecule has 3 aromatic rings. The number of benzene rings is 2. The highest BCUT2D eigenvalue weighted by Gasteiger charge is 2.22. The molecule has 1 unspecified atom stereocenters. The van der Waals surface area contributed by atoms with Crippen molar-refractivity contribution in [3.8, 4) is 16.9 Å². The summed E-state index contributed by atoms with van der Waals surface area (Å²) in [4.78, 5) is 15.4. The standard InChI is InChI=1S/C23H22FN3O3/c1-30-21-4-2-3-18(24)22(21)15-5-6-16-14(11-15)7-10-26-20(16)13-27-19-12-25-9-8-17(19)23(28)29/h2-6,8-9,11-12,20,26-27H,7,10,13H2,1H3,(H,28,29).